The van der Waals surface area contributed by atoms with E-state index in [1.165, 1.54) is 18.2 Å². The molecule has 0 bridgehead atoms. The molecule has 6 nitrogen and oxygen atoms in total. The van der Waals surface area contributed by atoms with Gasteiger partial charge in [-0.05, 0) is 30.5 Å². The van der Waals surface area contributed by atoms with Crippen LogP contribution in [0.3, 0.4) is 0 Å². The normalized spacial score (nSPS) is 22.0. The van der Waals surface area contributed by atoms with Crippen molar-refractivity contribution in [2.45, 2.75) is 35.6 Å². The Morgan fingerprint density at radius 3 is 2.38 bits per heavy atom. The highest BCUT2D eigenvalue weighted by molar-refractivity contribution is 7.91. The predicted molar refractivity (Wildman–Crippen MR) is 81.6 cm³/mol. The summed E-state index contributed by atoms with van der Waals surface area (Å²) in [6.07, 6.45) is 2.81. The molecule has 1 saturated carbocycles. The van der Waals surface area contributed by atoms with Crippen LogP contribution < -0.4 is 10.0 Å². The van der Waals surface area contributed by atoms with E-state index in [9.17, 15) is 16.8 Å². The van der Waals surface area contributed by atoms with Gasteiger partial charge in [0.25, 0.3) is 0 Å². The third-order valence-electron chi connectivity index (χ3n) is 3.69. The quantitative estimate of drug-likeness (QED) is 0.817. The van der Waals surface area contributed by atoms with Crippen molar-refractivity contribution >= 4 is 25.5 Å². The van der Waals surface area contributed by atoms with E-state index < -0.39 is 19.9 Å². The summed E-state index contributed by atoms with van der Waals surface area (Å²) in [6, 6.07) is 4.01. The van der Waals surface area contributed by atoms with Crippen molar-refractivity contribution in [2.75, 3.05) is 18.6 Å². The lowest BCUT2D eigenvalue weighted by Crippen LogP contribution is -2.28. The second-order valence-electron chi connectivity index (χ2n) is 5.31. The van der Waals surface area contributed by atoms with Crippen LogP contribution in [0.1, 0.15) is 19.8 Å². The number of hydrogen-bond acceptors (Lipinski definition) is 5. The maximum absolute atomic E-state index is 12.5. The molecule has 1 aromatic rings. The zero-order chi connectivity index (χ0) is 15.8. The van der Waals surface area contributed by atoms with Crippen LogP contribution in [-0.4, -0.2) is 36.2 Å². The molecular weight excluding hydrogens is 312 g/mol. The molecule has 0 amide bonds. The van der Waals surface area contributed by atoms with Crippen LogP contribution in [0.2, 0.25) is 0 Å². The minimum Gasteiger partial charge on any atom is -0.387 e. The van der Waals surface area contributed by atoms with Gasteiger partial charge in [-0.15, -0.1) is 0 Å². The molecule has 0 heterocycles. The van der Waals surface area contributed by atoms with E-state index in [2.05, 4.69) is 10.0 Å². The topological polar surface area (TPSA) is 92.3 Å². The highest BCUT2D eigenvalue weighted by Crippen LogP contribution is 2.35. The number of hydrogen-bond donors (Lipinski definition) is 2. The van der Waals surface area contributed by atoms with Gasteiger partial charge in [0, 0.05) is 19.3 Å². The van der Waals surface area contributed by atoms with Crippen LogP contribution in [0, 0.1) is 5.92 Å². The van der Waals surface area contributed by atoms with Crippen LogP contribution in [0.4, 0.5) is 5.69 Å². The molecule has 2 rings (SSSR count). The lowest BCUT2D eigenvalue weighted by Gasteiger charge is -2.12. The van der Waals surface area contributed by atoms with Gasteiger partial charge in [0.15, 0.2) is 9.84 Å². The summed E-state index contributed by atoms with van der Waals surface area (Å²) >= 11 is 0. The van der Waals surface area contributed by atoms with Crippen molar-refractivity contribution in [3.63, 3.8) is 0 Å². The van der Waals surface area contributed by atoms with E-state index in [1.807, 2.05) is 6.92 Å². The third-order valence-corrected chi connectivity index (χ3v) is 6.33. The summed E-state index contributed by atoms with van der Waals surface area (Å²) < 4.78 is 50.8. The molecule has 118 valence electrons. The molecule has 0 aromatic heterocycles. The summed E-state index contributed by atoms with van der Waals surface area (Å²) in [5.74, 6) is 0.371. The molecule has 0 radical (unpaired) electrons. The number of rotatable bonds is 6. The van der Waals surface area contributed by atoms with Crippen LogP contribution in [-0.2, 0) is 19.9 Å². The number of benzene rings is 1. The van der Waals surface area contributed by atoms with Gasteiger partial charge in [0.2, 0.25) is 10.0 Å². The van der Waals surface area contributed by atoms with Gasteiger partial charge in [-0.1, -0.05) is 13.3 Å². The van der Waals surface area contributed by atoms with Crippen molar-refractivity contribution in [1.82, 2.24) is 4.72 Å². The highest BCUT2D eigenvalue weighted by atomic mass is 32.2. The Morgan fingerprint density at radius 2 is 1.90 bits per heavy atom. The standard InChI is InChI=1S/C13H20N2O4S2/c1-4-9-7-12(9)15-21(18,19)13-8-10(20(3,16)17)5-6-11(13)14-2/h5-6,8-9,12,14-15H,4,7H2,1-3H3. The fourth-order valence-corrected chi connectivity index (χ4v) is 4.55. The first-order valence-corrected chi connectivity index (χ1v) is 10.1. The number of nitrogens with one attached hydrogen (secondary N) is 2. The van der Waals surface area contributed by atoms with E-state index in [0.29, 0.717) is 11.6 Å². The van der Waals surface area contributed by atoms with E-state index in [1.54, 1.807) is 7.05 Å². The summed E-state index contributed by atoms with van der Waals surface area (Å²) in [6.45, 7) is 2.02. The van der Waals surface area contributed by atoms with Crippen molar-refractivity contribution in [3.8, 4) is 0 Å². The van der Waals surface area contributed by atoms with Crippen LogP contribution >= 0.6 is 0 Å². The minimum absolute atomic E-state index is 0.00952. The Kier molecular flexibility index (Phi) is 4.32. The molecule has 21 heavy (non-hydrogen) atoms. The second-order valence-corrected chi connectivity index (χ2v) is 9.01. The SMILES string of the molecule is CCC1CC1NS(=O)(=O)c1cc(S(C)(=O)=O)ccc1NC. The second kappa shape index (κ2) is 5.58. The lowest BCUT2D eigenvalue weighted by molar-refractivity contribution is 0.576. The molecule has 2 unspecified atom stereocenters. The Balaban J connectivity index is 2.41. The largest absolute Gasteiger partial charge is 0.387 e. The summed E-state index contributed by atoms with van der Waals surface area (Å²) in [5, 5.41) is 2.79. The smallest absolute Gasteiger partial charge is 0.242 e. The van der Waals surface area contributed by atoms with Crippen LogP contribution in [0.5, 0.6) is 0 Å². The fraction of sp³-hybridized carbons (Fsp3) is 0.538. The minimum atomic E-state index is -3.74. The molecule has 1 aliphatic carbocycles. The third kappa shape index (κ3) is 3.56. The molecule has 0 spiro atoms. The van der Waals surface area contributed by atoms with Gasteiger partial charge < -0.3 is 5.32 Å². The molecule has 2 N–H and O–H groups in total. The van der Waals surface area contributed by atoms with Gasteiger partial charge in [0.1, 0.15) is 4.90 Å². The van der Waals surface area contributed by atoms with E-state index in [-0.39, 0.29) is 15.8 Å². The van der Waals surface area contributed by atoms with E-state index >= 15 is 0 Å². The molecular formula is C13H20N2O4S2. The Morgan fingerprint density at radius 1 is 1.24 bits per heavy atom. The van der Waals surface area contributed by atoms with Gasteiger partial charge in [0.05, 0.1) is 10.6 Å². The zero-order valence-electron chi connectivity index (χ0n) is 12.3. The molecule has 1 aliphatic rings. The van der Waals surface area contributed by atoms with Gasteiger partial charge >= 0.3 is 0 Å². The van der Waals surface area contributed by atoms with E-state index in [4.69, 9.17) is 0 Å². The average molecular weight is 332 g/mol. The van der Waals surface area contributed by atoms with Crippen LogP contribution in [0.25, 0.3) is 0 Å². The number of anilines is 1. The maximum atomic E-state index is 12.5. The zero-order valence-corrected chi connectivity index (χ0v) is 13.9. The molecule has 8 heteroatoms. The van der Waals surface area contributed by atoms with Gasteiger partial charge in [-0.2, -0.15) is 0 Å². The molecule has 2 atom stereocenters. The summed E-state index contributed by atoms with van der Waals surface area (Å²) in [7, 11) is -5.60. The van der Waals surface area contributed by atoms with Crippen molar-refractivity contribution in [2.24, 2.45) is 5.92 Å². The summed E-state index contributed by atoms with van der Waals surface area (Å²) in [5.41, 5.74) is 0.378. The molecule has 1 fully saturated rings. The fourth-order valence-electron chi connectivity index (χ4n) is 2.27. The summed E-state index contributed by atoms with van der Waals surface area (Å²) in [4.78, 5) is -0.0422. The first-order chi connectivity index (χ1) is 9.69. The predicted octanol–water partition coefficient (Wildman–Crippen LogP) is 1.21. The first kappa shape index (κ1) is 16.3. The monoisotopic (exact) mass is 332 g/mol. The van der Waals surface area contributed by atoms with Crippen molar-refractivity contribution < 1.29 is 16.8 Å². The highest BCUT2D eigenvalue weighted by Gasteiger charge is 2.39. The van der Waals surface area contributed by atoms with E-state index in [0.717, 1.165) is 19.1 Å². The lowest BCUT2D eigenvalue weighted by atomic mass is 10.3. The van der Waals surface area contributed by atoms with Gasteiger partial charge in [-0.25, -0.2) is 21.6 Å². The van der Waals surface area contributed by atoms with Crippen molar-refractivity contribution in [3.05, 3.63) is 18.2 Å². The Bertz CT molecular complexity index is 741. The van der Waals surface area contributed by atoms with Crippen molar-refractivity contribution in [1.29, 1.82) is 0 Å². The number of sulfone groups is 1. The Labute approximate surface area is 125 Å². The first-order valence-electron chi connectivity index (χ1n) is 6.73. The maximum Gasteiger partial charge on any atom is 0.242 e. The molecule has 1 aromatic carbocycles. The average Bonchev–Trinajstić information content (AvgIpc) is 3.14. The number of sulfonamides is 1. The molecule has 0 saturated heterocycles. The Hall–Kier alpha value is -1.12. The van der Waals surface area contributed by atoms with Gasteiger partial charge in [-0.3, -0.25) is 0 Å². The van der Waals surface area contributed by atoms with Crippen LogP contribution in [0.15, 0.2) is 28.0 Å². The molecule has 0 aliphatic heterocycles.